The zero-order chi connectivity index (χ0) is 17.7. The van der Waals surface area contributed by atoms with Crippen molar-refractivity contribution in [1.82, 2.24) is 5.32 Å². The van der Waals surface area contributed by atoms with Crippen molar-refractivity contribution < 1.29 is 14.3 Å². The first kappa shape index (κ1) is 16.6. The molecule has 0 aliphatic heterocycles. The fourth-order valence-electron chi connectivity index (χ4n) is 6.01. The van der Waals surface area contributed by atoms with E-state index >= 15 is 0 Å². The van der Waals surface area contributed by atoms with E-state index in [9.17, 15) is 9.59 Å². The van der Waals surface area contributed by atoms with Crippen molar-refractivity contribution in [1.29, 1.82) is 0 Å². The lowest BCUT2D eigenvalue weighted by Crippen LogP contribution is -2.64. The molecule has 0 spiro atoms. The standard InChI is InChI=1S/C21H27NO3/c1-14-3-5-16(6-4-14)12-25-19(24)20-8-17-7-18(9-20)11-21(10-17,13-20)22-15(2)23/h3-6,17-18H,7-13H2,1-2H3,(H,22,23). The summed E-state index contributed by atoms with van der Waals surface area (Å²) in [5.74, 6) is 1.04. The van der Waals surface area contributed by atoms with Crippen molar-refractivity contribution in [3.63, 3.8) is 0 Å². The maximum atomic E-state index is 13.0. The normalized spacial score (nSPS) is 35.4. The number of amides is 1. The zero-order valence-corrected chi connectivity index (χ0v) is 15.1. The van der Waals surface area contributed by atoms with Crippen LogP contribution in [-0.2, 0) is 20.9 Å². The molecule has 1 amide bonds. The first-order chi connectivity index (χ1) is 11.9. The fourth-order valence-corrected chi connectivity index (χ4v) is 6.01. The van der Waals surface area contributed by atoms with Gasteiger partial charge < -0.3 is 10.1 Å². The number of hydrogen-bond acceptors (Lipinski definition) is 3. The molecule has 4 heteroatoms. The van der Waals surface area contributed by atoms with E-state index in [4.69, 9.17) is 4.74 Å². The van der Waals surface area contributed by atoms with E-state index < -0.39 is 5.41 Å². The van der Waals surface area contributed by atoms with Crippen LogP contribution in [0.5, 0.6) is 0 Å². The largest absolute Gasteiger partial charge is 0.460 e. The number of carbonyl (C=O) groups is 2. The van der Waals surface area contributed by atoms with E-state index in [1.54, 1.807) is 6.92 Å². The van der Waals surface area contributed by atoms with Gasteiger partial charge >= 0.3 is 5.97 Å². The smallest absolute Gasteiger partial charge is 0.312 e. The lowest BCUT2D eigenvalue weighted by Gasteiger charge is -2.60. The number of ether oxygens (including phenoxy) is 1. The Hall–Kier alpha value is -1.84. The third kappa shape index (κ3) is 3.07. The Labute approximate surface area is 149 Å². The van der Waals surface area contributed by atoms with Gasteiger partial charge in [-0.1, -0.05) is 29.8 Å². The molecule has 4 nitrogen and oxygen atoms in total. The van der Waals surface area contributed by atoms with Gasteiger partial charge in [0.1, 0.15) is 6.61 Å². The third-order valence-electron chi connectivity index (χ3n) is 6.43. The Morgan fingerprint density at radius 2 is 1.76 bits per heavy atom. The summed E-state index contributed by atoms with van der Waals surface area (Å²) in [5.41, 5.74) is 1.66. The van der Waals surface area contributed by atoms with Crippen molar-refractivity contribution in [3.8, 4) is 0 Å². The Kier molecular flexibility index (Phi) is 3.89. The summed E-state index contributed by atoms with van der Waals surface area (Å²) in [6.07, 6.45) is 5.86. The average Bonchev–Trinajstić information content (AvgIpc) is 2.51. The molecule has 4 aliphatic carbocycles. The molecule has 2 atom stereocenters. The highest BCUT2D eigenvalue weighted by Crippen LogP contribution is 2.62. The molecule has 4 bridgehead atoms. The van der Waals surface area contributed by atoms with Crippen LogP contribution in [0.25, 0.3) is 0 Å². The van der Waals surface area contributed by atoms with Gasteiger partial charge in [0.2, 0.25) is 5.91 Å². The molecule has 134 valence electrons. The molecule has 4 aliphatic rings. The first-order valence-corrected chi connectivity index (χ1v) is 9.40. The summed E-state index contributed by atoms with van der Waals surface area (Å²) < 4.78 is 5.75. The van der Waals surface area contributed by atoms with Crippen LogP contribution in [0, 0.1) is 24.2 Å². The molecule has 0 aromatic heterocycles. The Morgan fingerprint density at radius 1 is 1.12 bits per heavy atom. The van der Waals surface area contributed by atoms with Gasteiger partial charge in [-0.15, -0.1) is 0 Å². The predicted octanol–water partition coefficient (Wildman–Crippen LogP) is 3.51. The molecule has 1 aromatic carbocycles. The summed E-state index contributed by atoms with van der Waals surface area (Å²) in [6, 6.07) is 8.11. The number of hydrogen-bond donors (Lipinski definition) is 1. The molecule has 0 heterocycles. The number of carbonyl (C=O) groups excluding carboxylic acids is 2. The van der Waals surface area contributed by atoms with Crippen molar-refractivity contribution in [2.45, 2.75) is 64.5 Å². The second-order valence-corrected chi connectivity index (χ2v) is 8.76. The minimum absolute atomic E-state index is 0.0186. The SMILES string of the molecule is CC(=O)NC12CC3CC(C1)CC(C(=O)OCc1ccc(C)cc1)(C3)C2. The summed E-state index contributed by atoms with van der Waals surface area (Å²) in [7, 11) is 0. The lowest BCUT2D eigenvalue weighted by atomic mass is 9.47. The molecule has 4 fully saturated rings. The fraction of sp³-hybridized carbons (Fsp3) is 0.619. The Morgan fingerprint density at radius 3 is 2.36 bits per heavy atom. The summed E-state index contributed by atoms with van der Waals surface area (Å²) in [5, 5.41) is 3.20. The number of esters is 1. The number of rotatable bonds is 4. The summed E-state index contributed by atoms with van der Waals surface area (Å²) in [4.78, 5) is 24.7. The molecule has 0 radical (unpaired) electrons. The topological polar surface area (TPSA) is 55.4 Å². The highest BCUT2D eigenvalue weighted by atomic mass is 16.5. The van der Waals surface area contributed by atoms with Gasteiger partial charge in [-0.25, -0.2) is 0 Å². The zero-order valence-electron chi connectivity index (χ0n) is 15.1. The Balaban J connectivity index is 1.49. The molecule has 1 aromatic rings. The van der Waals surface area contributed by atoms with E-state index in [-0.39, 0.29) is 17.4 Å². The number of benzene rings is 1. The van der Waals surface area contributed by atoms with Crippen molar-refractivity contribution in [2.75, 3.05) is 0 Å². The second kappa shape index (κ2) is 5.86. The molecule has 0 saturated heterocycles. The van der Waals surface area contributed by atoms with Gasteiger partial charge in [-0.3, -0.25) is 9.59 Å². The van der Waals surface area contributed by atoms with Crippen LogP contribution in [0.1, 0.15) is 56.6 Å². The molecular formula is C21H27NO3. The van der Waals surface area contributed by atoms with Gasteiger partial charge in [0.15, 0.2) is 0 Å². The third-order valence-corrected chi connectivity index (χ3v) is 6.43. The van der Waals surface area contributed by atoms with Gasteiger partial charge in [0.05, 0.1) is 5.41 Å². The monoisotopic (exact) mass is 341 g/mol. The second-order valence-electron chi connectivity index (χ2n) is 8.76. The highest BCUT2D eigenvalue weighted by Gasteiger charge is 2.61. The molecular weight excluding hydrogens is 314 g/mol. The Bertz CT molecular complexity index is 680. The van der Waals surface area contributed by atoms with Gasteiger partial charge in [-0.05, 0) is 62.8 Å². The van der Waals surface area contributed by atoms with Crippen LogP contribution in [0.4, 0.5) is 0 Å². The van der Waals surface area contributed by atoms with Crippen LogP contribution < -0.4 is 5.32 Å². The lowest BCUT2D eigenvalue weighted by molar-refractivity contribution is -0.177. The molecule has 25 heavy (non-hydrogen) atoms. The maximum Gasteiger partial charge on any atom is 0.312 e. The highest BCUT2D eigenvalue weighted by molar-refractivity contribution is 5.79. The molecule has 2 unspecified atom stereocenters. The van der Waals surface area contributed by atoms with Crippen LogP contribution in [0.3, 0.4) is 0 Å². The minimum Gasteiger partial charge on any atom is -0.460 e. The van der Waals surface area contributed by atoms with Crippen LogP contribution in [0.15, 0.2) is 24.3 Å². The van der Waals surface area contributed by atoms with Crippen LogP contribution >= 0.6 is 0 Å². The molecule has 1 N–H and O–H groups in total. The predicted molar refractivity (Wildman–Crippen MR) is 94.6 cm³/mol. The quantitative estimate of drug-likeness (QED) is 0.853. The van der Waals surface area contributed by atoms with Gasteiger partial charge in [0, 0.05) is 12.5 Å². The van der Waals surface area contributed by atoms with Crippen molar-refractivity contribution >= 4 is 11.9 Å². The molecule has 4 saturated carbocycles. The van der Waals surface area contributed by atoms with Gasteiger partial charge in [0.25, 0.3) is 0 Å². The summed E-state index contributed by atoms with van der Waals surface area (Å²) >= 11 is 0. The maximum absolute atomic E-state index is 13.0. The van der Waals surface area contributed by atoms with Gasteiger partial charge in [-0.2, -0.15) is 0 Å². The average molecular weight is 341 g/mol. The van der Waals surface area contributed by atoms with Crippen LogP contribution in [0.2, 0.25) is 0 Å². The molecule has 5 rings (SSSR count). The van der Waals surface area contributed by atoms with E-state index in [2.05, 4.69) is 5.32 Å². The van der Waals surface area contributed by atoms with E-state index in [1.807, 2.05) is 31.2 Å². The summed E-state index contributed by atoms with van der Waals surface area (Å²) in [6.45, 7) is 3.97. The first-order valence-electron chi connectivity index (χ1n) is 9.40. The van der Waals surface area contributed by atoms with E-state index in [0.717, 1.165) is 37.7 Å². The van der Waals surface area contributed by atoms with Crippen molar-refractivity contribution in [2.24, 2.45) is 17.3 Å². The number of aryl methyl sites for hydroxylation is 1. The van der Waals surface area contributed by atoms with Crippen molar-refractivity contribution in [3.05, 3.63) is 35.4 Å². The van der Waals surface area contributed by atoms with E-state index in [1.165, 1.54) is 12.0 Å². The number of nitrogens with one attached hydrogen (secondary N) is 1. The van der Waals surface area contributed by atoms with E-state index in [0.29, 0.717) is 18.4 Å². The minimum atomic E-state index is -0.392. The van der Waals surface area contributed by atoms with Crippen LogP contribution in [-0.4, -0.2) is 17.4 Å².